The van der Waals surface area contributed by atoms with Crippen molar-refractivity contribution in [2.24, 2.45) is 11.5 Å². The molecule has 2 unspecified atom stereocenters. The molecule has 3 saturated heterocycles. The number of hydrogen-bond donors (Lipinski definition) is 3. The Balaban J connectivity index is 1.46. The number of rotatable bonds is 3. The summed E-state index contributed by atoms with van der Waals surface area (Å²) in [5.41, 5.74) is 15.4. The normalized spacial score (nSPS) is 34.7. The van der Waals surface area contributed by atoms with Gasteiger partial charge < -0.3 is 40.3 Å². The molecule has 0 saturated carbocycles. The van der Waals surface area contributed by atoms with Crippen LogP contribution in [0.1, 0.15) is 77.9 Å². The van der Waals surface area contributed by atoms with Crippen LogP contribution in [-0.4, -0.2) is 76.8 Å². The molecule has 0 spiro atoms. The van der Waals surface area contributed by atoms with Crippen LogP contribution < -0.4 is 30.4 Å². The molecule has 7 heterocycles. The van der Waals surface area contributed by atoms with E-state index in [0.29, 0.717) is 35.1 Å². The van der Waals surface area contributed by atoms with Crippen molar-refractivity contribution in [3.8, 4) is 28.7 Å². The van der Waals surface area contributed by atoms with Crippen LogP contribution in [0.3, 0.4) is 0 Å². The molecule has 250 valence electrons. The number of hydrogen-bond acceptors (Lipinski definition) is 13. The number of aromatic hydroxyl groups is 1. The Morgan fingerprint density at radius 1 is 1.15 bits per heavy atom. The van der Waals surface area contributed by atoms with Crippen molar-refractivity contribution in [2.45, 2.75) is 81.0 Å². The van der Waals surface area contributed by atoms with E-state index in [1.807, 2.05) is 13.8 Å². The zero-order chi connectivity index (χ0) is 33.5. The Labute approximate surface area is 277 Å². The standard InChI is InChI=1S/C34H40N4O8S/c1-14-8-18-20(25(40)26(14)42-7)23-24-30-22-21(29-28(44-13-45-29)15(2)27(22)46-17(4)39)19(9-43-31(41)34(36,12-47-30)16(3)35)38(24)32(5)10-33(18,6)37(23)11-32/h8,19,23-24,30,40H,3,9-13,35-36H2,1-2,4-7H3/t19-,23+,24+,30+,32?,33?,34+/m0/s1. The van der Waals surface area contributed by atoms with Gasteiger partial charge in [0.15, 0.2) is 28.5 Å². The second kappa shape index (κ2) is 9.71. The van der Waals surface area contributed by atoms with Crippen LogP contribution in [-0.2, 0) is 19.9 Å². The molecule has 9 rings (SSSR count). The van der Waals surface area contributed by atoms with Gasteiger partial charge in [-0.05, 0) is 51.3 Å². The number of phenolic OH excluding ortho intramolecular Hbond substituents is 1. The van der Waals surface area contributed by atoms with Crippen molar-refractivity contribution in [3.63, 3.8) is 0 Å². The highest BCUT2D eigenvalue weighted by Crippen LogP contribution is 2.71. The van der Waals surface area contributed by atoms with E-state index in [-0.39, 0.29) is 48.2 Å². The summed E-state index contributed by atoms with van der Waals surface area (Å²) in [5, 5.41) is 11.5. The maximum atomic E-state index is 13.7. The second-order valence-electron chi connectivity index (χ2n) is 14.2. The van der Waals surface area contributed by atoms with E-state index >= 15 is 0 Å². The van der Waals surface area contributed by atoms with Gasteiger partial charge in [-0.3, -0.25) is 14.6 Å². The van der Waals surface area contributed by atoms with Gasteiger partial charge in [-0.1, -0.05) is 6.58 Å². The number of piperazine rings is 1. The van der Waals surface area contributed by atoms with Crippen molar-refractivity contribution < 1.29 is 38.4 Å². The molecule has 0 aromatic heterocycles. The van der Waals surface area contributed by atoms with E-state index in [4.69, 9.17) is 35.2 Å². The molecule has 4 bridgehead atoms. The second-order valence-corrected chi connectivity index (χ2v) is 15.4. The lowest BCUT2D eigenvalue weighted by molar-refractivity contribution is -0.154. The topological polar surface area (TPSA) is 159 Å². The van der Waals surface area contributed by atoms with Gasteiger partial charge in [-0.2, -0.15) is 0 Å². The quantitative estimate of drug-likeness (QED) is 0.324. The van der Waals surface area contributed by atoms with E-state index < -0.39 is 34.3 Å². The molecule has 47 heavy (non-hydrogen) atoms. The molecule has 7 aliphatic rings. The molecule has 7 aliphatic heterocycles. The van der Waals surface area contributed by atoms with Crippen LogP contribution >= 0.6 is 11.8 Å². The average Bonchev–Trinajstić information content (AvgIpc) is 3.64. The van der Waals surface area contributed by atoms with Crippen molar-refractivity contribution >= 4 is 23.7 Å². The first kappa shape index (κ1) is 30.7. The number of carbonyl (C=O) groups is 2. The van der Waals surface area contributed by atoms with Crippen LogP contribution in [0.5, 0.6) is 28.7 Å². The number of esters is 2. The fraction of sp³-hybridized carbons (Fsp3) is 0.529. The molecule has 2 aromatic rings. The van der Waals surface area contributed by atoms with E-state index in [9.17, 15) is 14.7 Å². The number of phenols is 1. The predicted molar refractivity (Wildman–Crippen MR) is 173 cm³/mol. The molecule has 2 aromatic carbocycles. The summed E-state index contributed by atoms with van der Waals surface area (Å²) in [5.74, 6) is 0.941. The van der Waals surface area contributed by atoms with Gasteiger partial charge in [0.1, 0.15) is 12.4 Å². The minimum atomic E-state index is -1.66. The fourth-order valence-electron chi connectivity index (χ4n) is 9.62. The number of benzene rings is 2. The van der Waals surface area contributed by atoms with Gasteiger partial charge >= 0.3 is 11.9 Å². The third-order valence-corrected chi connectivity index (χ3v) is 12.9. The average molecular weight is 665 g/mol. The predicted octanol–water partition coefficient (Wildman–Crippen LogP) is 3.35. The van der Waals surface area contributed by atoms with Gasteiger partial charge in [0.05, 0.1) is 24.4 Å². The highest BCUT2D eigenvalue weighted by molar-refractivity contribution is 7.99. The van der Waals surface area contributed by atoms with Gasteiger partial charge in [-0.25, -0.2) is 4.79 Å². The molecule has 0 amide bonds. The first-order valence-electron chi connectivity index (χ1n) is 15.8. The molecular weight excluding hydrogens is 624 g/mol. The summed E-state index contributed by atoms with van der Waals surface area (Å²) in [4.78, 5) is 31.4. The van der Waals surface area contributed by atoms with Crippen LogP contribution in [0.2, 0.25) is 0 Å². The van der Waals surface area contributed by atoms with Gasteiger partial charge in [-0.15, -0.1) is 11.8 Å². The minimum absolute atomic E-state index is 0.00155. The van der Waals surface area contributed by atoms with Gasteiger partial charge in [0.25, 0.3) is 0 Å². The lowest BCUT2D eigenvalue weighted by Gasteiger charge is -2.60. The number of carbonyl (C=O) groups excluding carboxylic acids is 2. The van der Waals surface area contributed by atoms with Crippen molar-refractivity contribution in [1.29, 1.82) is 0 Å². The van der Waals surface area contributed by atoms with E-state index in [0.717, 1.165) is 34.2 Å². The largest absolute Gasteiger partial charge is 0.504 e. The minimum Gasteiger partial charge on any atom is -0.504 e. The molecule has 3 fully saturated rings. The number of ether oxygens (including phenoxy) is 5. The molecule has 7 atom stereocenters. The van der Waals surface area contributed by atoms with Crippen LogP contribution in [0.15, 0.2) is 18.3 Å². The summed E-state index contributed by atoms with van der Waals surface area (Å²) in [6, 6.07) is 1.01. The van der Waals surface area contributed by atoms with Crippen LogP contribution in [0.25, 0.3) is 0 Å². The number of methoxy groups -OCH3 is 1. The third-order valence-electron chi connectivity index (χ3n) is 11.4. The summed E-state index contributed by atoms with van der Waals surface area (Å²) in [7, 11) is 1.57. The zero-order valence-corrected chi connectivity index (χ0v) is 28.2. The Hall–Kier alpha value is -3.65. The lowest BCUT2D eigenvalue weighted by atomic mass is 9.72. The number of nitrogens with two attached hydrogens (primary N) is 2. The van der Waals surface area contributed by atoms with E-state index in [1.165, 1.54) is 18.7 Å². The zero-order valence-electron chi connectivity index (χ0n) is 27.4. The number of aryl methyl sites for hydroxylation is 1. The van der Waals surface area contributed by atoms with E-state index in [2.05, 4.69) is 36.3 Å². The van der Waals surface area contributed by atoms with Crippen LogP contribution in [0, 0.1) is 13.8 Å². The third kappa shape index (κ3) is 3.71. The smallest absolute Gasteiger partial charge is 0.333 e. The number of nitrogens with zero attached hydrogens (tertiary/aromatic N) is 2. The van der Waals surface area contributed by atoms with E-state index in [1.54, 1.807) is 7.11 Å². The highest BCUT2D eigenvalue weighted by Gasteiger charge is 2.70. The highest BCUT2D eigenvalue weighted by atomic mass is 32.2. The lowest BCUT2D eigenvalue weighted by Crippen LogP contribution is -2.66. The molecule has 13 heteroatoms. The monoisotopic (exact) mass is 664 g/mol. The van der Waals surface area contributed by atoms with Gasteiger partial charge in [0.2, 0.25) is 6.79 Å². The first-order valence-corrected chi connectivity index (χ1v) is 16.9. The first-order chi connectivity index (χ1) is 22.2. The summed E-state index contributed by atoms with van der Waals surface area (Å²) in [6.07, 6.45) is 0.755. The molecular formula is C34H40N4O8S. The fourth-order valence-corrected chi connectivity index (χ4v) is 11.2. The summed E-state index contributed by atoms with van der Waals surface area (Å²) >= 11 is 1.45. The van der Waals surface area contributed by atoms with Crippen molar-refractivity contribution in [3.05, 3.63) is 51.7 Å². The molecule has 0 radical (unpaired) electrons. The maximum absolute atomic E-state index is 13.7. The molecule has 0 aliphatic carbocycles. The number of thioether (sulfide) groups is 1. The Morgan fingerprint density at radius 3 is 2.55 bits per heavy atom. The summed E-state index contributed by atoms with van der Waals surface area (Å²) < 4.78 is 30.1. The SMILES string of the molecule is C=C(N)[C@]1(N)CS[C@@H]2c3c(OC(C)=O)c(C)c4c(c3[C@H](COC1=O)N1[C@@H]2[C@H]2c3c(cc(C)c(OC)c3O)C3(C)CC1(C)CN23)OCO4. The van der Waals surface area contributed by atoms with Crippen LogP contribution in [0.4, 0.5) is 0 Å². The Morgan fingerprint density at radius 2 is 1.87 bits per heavy atom. The van der Waals surface area contributed by atoms with Crippen molar-refractivity contribution in [1.82, 2.24) is 9.80 Å². The molecule has 12 nitrogen and oxygen atoms in total. The molecule has 5 N–H and O–H groups in total. The summed E-state index contributed by atoms with van der Waals surface area (Å²) in [6.45, 7) is 14.2. The number of fused-ring (bicyclic) bond motifs is 10. The van der Waals surface area contributed by atoms with Gasteiger partial charge in [0, 0.05) is 64.3 Å². The Bertz CT molecular complexity index is 1820. The van der Waals surface area contributed by atoms with Crippen molar-refractivity contribution in [2.75, 3.05) is 32.8 Å². The Kier molecular flexibility index (Phi) is 6.34. The maximum Gasteiger partial charge on any atom is 0.333 e.